The maximum atomic E-state index is 8.74. The fourth-order valence-electron chi connectivity index (χ4n) is 2.03. The summed E-state index contributed by atoms with van der Waals surface area (Å²) >= 11 is 0. The van der Waals surface area contributed by atoms with Crippen LogP contribution in [0.2, 0.25) is 0 Å². The molecule has 0 amide bonds. The van der Waals surface area contributed by atoms with E-state index in [1.54, 1.807) is 24.6 Å². The summed E-state index contributed by atoms with van der Waals surface area (Å²) in [7, 11) is 0. The highest BCUT2D eigenvalue weighted by Gasteiger charge is 1.92. The van der Waals surface area contributed by atoms with E-state index in [-0.39, 0.29) is 0 Å². The van der Waals surface area contributed by atoms with Gasteiger partial charge >= 0.3 is 0 Å². The van der Waals surface area contributed by atoms with Crippen LogP contribution in [0.1, 0.15) is 35.6 Å². The zero-order valence-electron chi connectivity index (χ0n) is 13.2. The van der Waals surface area contributed by atoms with E-state index in [0.29, 0.717) is 5.56 Å². The molecular formula is C20H19N3. The van der Waals surface area contributed by atoms with Crippen molar-refractivity contribution in [3.05, 3.63) is 82.9 Å². The molecule has 0 saturated heterocycles. The smallest absolute Gasteiger partial charge is 0.0991 e. The largest absolute Gasteiger partial charge is 0.192 e. The molecule has 0 spiro atoms. The Morgan fingerprint density at radius 2 is 1.48 bits per heavy atom. The lowest BCUT2D eigenvalue weighted by molar-refractivity contribution is 0.999. The molecule has 0 aromatic heterocycles. The van der Waals surface area contributed by atoms with Gasteiger partial charge in [0.15, 0.2) is 0 Å². The quantitative estimate of drug-likeness (QED) is 0.439. The molecule has 2 aromatic carbocycles. The molecule has 0 aliphatic rings. The van der Waals surface area contributed by atoms with Gasteiger partial charge in [0.1, 0.15) is 0 Å². The van der Waals surface area contributed by atoms with Gasteiger partial charge in [0.25, 0.3) is 0 Å². The van der Waals surface area contributed by atoms with Crippen molar-refractivity contribution in [2.24, 2.45) is 10.2 Å². The number of allylic oxidation sites excluding steroid dienone is 2. The Hall–Kier alpha value is -2.99. The molecule has 0 heterocycles. The summed E-state index contributed by atoms with van der Waals surface area (Å²) in [6.07, 6.45) is 9.77. The Labute approximate surface area is 137 Å². The highest BCUT2D eigenvalue weighted by molar-refractivity contribution is 5.82. The van der Waals surface area contributed by atoms with Gasteiger partial charge in [-0.3, -0.25) is 0 Å². The lowest BCUT2D eigenvalue weighted by Gasteiger charge is -1.98. The van der Waals surface area contributed by atoms with Gasteiger partial charge in [-0.25, -0.2) is 0 Å². The number of benzene rings is 2. The van der Waals surface area contributed by atoms with Crippen LogP contribution in [0, 0.1) is 11.3 Å². The first-order valence-corrected chi connectivity index (χ1v) is 7.58. The van der Waals surface area contributed by atoms with Crippen LogP contribution in [0.5, 0.6) is 0 Å². The molecule has 0 unspecified atom stereocenters. The standard InChI is InChI=1S/C20H19N3/c1-2-3-4-5-17-6-10-19(11-7-17)15-22-23-16-20-12-8-18(14-21)9-13-20/h2-3,6-13,15-16H,4-5H2,1H3. The minimum Gasteiger partial charge on any atom is -0.192 e. The van der Waals surface area contributed by atoms with Gasteiger partial charge in [0, 0.05) is 0 Å². The Kier molecular flexibility index (Phi) is 6.49. The Bertz CT molecular complexity index is 730. The third kappa shape index (κ3) is 5.72. The molecular weight excluding hydrogens is 282 g/mol. The van der Waals surface area contributed by atoms with Crippen LogP contribution in [0.4, 0.5) is 0 Å². The van der Waals surface area contributed by atoms with Crippen molar-refractivity contribution in [2.75, 3.05) is 0 Å². The molecule has 0 aliphatic heterocycles. The summed E-state index contributed by atoms with van der Waals surface area (Å²) in [5, 5.41) is 16.8. The zero-order chi connectivity index (χ0) is 16.3. The summed E-state index contributed by atoms with van der Waals surface area (Å²) in [4.78, 5) is 0. The lowest BCUT2D eigenvalue weighted by Crippen LogP contribution is -1.86. The fraction of sp³-hybridized carbons (Fsp3) is 0.150. The topological polar surface area (TPSA) is 48.5 Å². The Morgan fingerprint density at radius 1 is 0.913 bits per heavy atom. The predicted molar refractivity (Wildman–Crippen MR) is 95.9 cm³/mol. The zero-order valence-corrected chi connectivity index (χ0v) is 13.2. The first-order valence-electron chi connectivity index (χ1n) is 7.58. The Balaban J connectivity index is 1.89. The lowest BCUT2D eigenvalue weighted by atomic mass is 10.1. The molecule has 3 heteroatoms. The fourth-order valence-corrected chi connectivity index (χ4v) is 2.03. The second-order valence-electron chi connectivity index (χ2n) is 5.07. The van der Waals surface area contributed by atoms with E-state index in [2.05, 4.69) is 40.6 Å². The molecule has 2 aromatic rings. The highest BCUT2D eigenvalue weighted by atomic mass is 15.2. The molecule has 0 N–H and O–H groups in total. The molecule has 3 nitrogen and oxygen atoms in total. The molecule has 114 valence electrons. The van der Waals surface area contributed by atoms with Crippen molar-refractivity contribution < 1.29 is 0 Å². The van der Waals surface area contributed by atoms with Crippen molar-refractivity contribution >= 4 is 12.4 Å². The van der Waals surface area contributed by atoms with Crippen LogP contribution in [0.3, 0.4) is 0 Å². The van der Waals surface area contributed by atoms with Crippen molar-refractivity contribution in [3.8, 4) is 6.07 Å². The maximum absolute atomic E-state index is 8.74. The van der Waals surface area contributed by atoms with Crippen LogP contribution in [-0.4, -0.2) is 12.4 Å². The van der Waals surface area contributed by atoms with E-state index in [0.717, 1.165) is 24.0 Å². The minimum atomic E-state index is 0.639. The van der Waals surface area contributed by atoms with Crippen LogP contribution in [0.25, 0.3) is 0 Å². The maximum Gasteiger partial charge on any atom is 0.0991 e. The summed E-state index contributed by atoms with van der Waals surface area (Å²) < 4.78 is 0. The van der Waals surface area contributed by atoms with Crippen molar-refractivity contribution in [1.29, 1.82) is 5.26 Å². The first-order chi connectivity index (χ1) is 11.3. The van der Waals surface area contributed by atoms with Gasteiger partial charge in [0.2, 0.25) is 0 Å². The molecule has 0 bridgehead atoms. The monoisotopic (exact) mass is 301 g/mol. The van der Waals surface area contributed by atoms with Gasteiger partial charge in [-0.1, -0.05) is 48.6 Å². The predicted octanol–water partition coefficient (Wildman–Crippen LogP) is 4.52. The molecule has 0 fully saturated rings. The third-order valence-corrected chi connectivity index (χ3v) is 3.34. The van der Waals surface area contributed by atoms with E-state index in [4.69, 9.17) is 5.26 Å². The first kappa shape index (κ1) is 16.4. The van der Waals surface area contributed by atoms with Gasteiger partial charge in [-0.05, 0) is 48.6 Å². The third-order valence-electron chi connectivity index (χ3n) is 3.34. The number of hydrogen-bond donors (Lipinski definition) is 0. The molecule has 2 rings (SSSR count). The average Bonchev–Trinajstić information content (AvgIpc) is 2.61. The van der Waals surface area contributed by atoms with Crippen molar-refractivity contribution in [1.82, 2.24) is 0 Å². The Morgan fingerprint density at radius 3 is 2.00 bits per heavy atom. The molecule has 0 radical (unpaired) electrons. The summed E-state index contributed by atoms with van der Waals surface area (Å²) in [5.41, 5.74) is 3.90. The van der Waals surface area contributed by atoms with Gasteiger partial charge in [-0.15, -0.1) is 0 Å². The van der Waals surface area contributed by atoms with E-state index in [1.165, 1.54) is 5.56 Å². The van der Waals surface area contributed by atoms with Gasteiger partial charge in [-0.2, -0.15) is 15.5 Å². The highest BCUT2D eigenvalue weighted by Crippen LogP contribution is 2.06. The van der Waals surface area contributed by atoms with Crippen molar-refractivity contribution in [3.63, 3.8) is 0 Å². The van der Waals surface area contributed by atoms with E-state index >= 15 is 0 Å². The van der Waals surface area contributed by atoms with Crippen LogP contribution < -0.4 is 0 Å². The number of aryl methyl sites for hydroxylation is 1. The molecule has 0 aliphatic carbocycles. The number of rotatable bonds is 6. The van der Waals surface area contributed by atoms with E-state index in [1.807, 2.05) is 31.2 Å². The van der Waals surface area contributed by atoms with Crippen molar-refractivity contribution in [2.45, 2.75) is 19.8 Å². The van der Waals surface area contributed by atoms with Crippen LogP contribution in [-0.2, 0) is 6.42 Å². The molecule has 23 heavy (non-hydrogen) atoms. The summed E-state index contributed by atoms with van der Waals surface area (Å²) in [6, 6.07) is 17.6. The second kappa shape index (κ2) is 9.11. The number of nitriles is 1. The van der Waals surface area contributed by atoms with E-state index in [9.17, 15) is 0 Å². The number of hydrogen-bond acceptors (Lipinski definition) is 3. The molecule has 0 saturated carbocycles. The van der Waals surface area contributed by atoms with E-state index < -0.39 is 0 Å². The summed E-state index contributed by atoms with van der Waals surface area (Å²) in [6.45, 7) is 2.04. The minimum absolute atomic E-state index is 0.639. The molecule has 0 atom stereocenters. The SMILES string of the molecule is CC=CCCc1ccc(C=NN=Cc2ccc(C#N)cc2)cc1. The second-order valence-corrected chi connectivity index (χ2v) is 5.07. The summed E-state index contributed by atoms with van der Waals surface area (Å²) in [5.74, 6) is 0. The average molecular weight is 301 g/mol. The van der Waals surface area contributed by atoms with Crippen LogP contribution >= 0.6 is 0 Å². The van der Waals surface area contributed by atoms with Gasteiger partial charge < -0.3 is 0 Å². The normalized spacial score (nSPS) is 11.5. The van der Waals surface area contributed by atoms with Crippen LogP contribution in [0.15, 0.2) is 70.9 Å². The van der Waals surface area contributed by atoms with Gasteiger partial charge in [0.05, 0.1) is 24.1 Å². The number of nitrogens with zero attached hydrogens (tertiary/aromatic N) is 3.